The number of fused-ring (bicyclic) bond motifs is 3. The van der Waals surface area contributed by atoms with Crippen LogP contribution < -0.4 is 11.1 Å². The fraction of sp³-hybridized carbons (Fsp3) is 0.606. The first-order chi connectivity index (χ1) is 22.1. The highest BCUT2D eigenvalue weighted by Gasteiger charge is 2.45. The molecule has 1 aromatic heterocycles. The van der Waals surface area contributed by atoms with Crippen molar-refractivity contribution in [1.82, 2.24) is 24.5 Å². The van der Waals surface area contributed by atoms with Gasteiger partial charge in [-0.2, -0.15) is 0 Å². The molecule has 4 amide bonds. The molecule has 11 nitrogen and oxygen atoms in total. The number of amides is 4. The van der Waals surface area contributed by atoms with Crippen molar-refractivity contribution in [2.45, 2.75) is 82.3 Å². The second-order valence-electron chi connectivity index (χ2n) is 13.7. The molecule has 2 aromatic rings. The average molecular weight is 670 g/mol. The van der Waals surface area contributed by atoms with E-state index in [-0.39, 0.29) is 24.4 Å². The summed E-state index contributed by atoms with van der Waals surface area (Å²) in [4.78, 5) is 50.9. The highest BCUT2D eigenvalue weighted by molar-refractivity contribution is 7.08. The first-order valence-electron chi connectivity index (χ1n) is 16.5. The fourth-order valence-corrected chi connectivity index (χ4v) is 9.22. The van der Waals surface area contributed by atoms with Crippen LogP contribution in [0.25, 0.3) is 0 Å². The van der Waals surface area contributed by atoms with Gasteiger partial charge in [-0.25, -0.2) is 9.59 Å². The number of likely N-dealkylation sites (N-methyl/N-ethyl adjacent to an activating group) is 1. The summed E-state index contributed by atoms with van der Waals surface area (Å²) in [5.41, 5.74) is 10.2. The number of nitrogens with zero attached hydrogens (tertiary/aromatic N) is 5. The van der Waals surface area contributed by atoms with E-state index in [4.69, 9.17) is 22.1 Å². The third-order valence-corrected chi connectivity index (χ3v) is 12.0. The van der Waals surface area contributed by atoms with E-state index in [1.54, 1.807) is 22.3 Å². The van der Waals surface area contributed by atoms with E-state index >= 15 is 0 Å². The van der Waals surface area contributed by atoms with Crippen molar-refractivity contribution in [3.63, 3.8) is 0 Å². The van der Waals surface area contributed by atoms with Gasteiger partial charge >= 0.3 is 12.1 Å². The maximum atomic E-state index is 14.0. The molecule has 4 saturated heterocycles. The second kappa shape index (κ2) is 12.9. The number of nitrogen functional groups attached to an aromatic ring is 1. The predicted octanol–water partition coefficient (Wildman–Crippen LogP) is 4.23. The van der Waals surface area contributed by atoms with Gasteiger partial charge < -0.3 is 35.4 Å². The van der Waals surface area contributed by atoms with Gasteiger partial charge in [-0.05, 0) is 68.6 Å². The minimum absolute atomic E-state index is 0.0296. The van der Waals surface area contributed by atoms with Crippen LogP contribution in [0.5, 0.6) is 0 Å². The zero-order valence-electron chi connectivity index (χ0n) is 26.6. The summed E-state index contributed by atoms with van der Waals surface area (Å²) in [5, 5.41) is 7.43. The zero-order chi connectivity index (χ0) is 32.1. The number of carbonyl (C=O) groups excluding carboxylic acids is 3. The van der Waals surface area contributed by atoms with Crippen LogP contribution in [-0.2, 0) is 22.5 Å². The van der Waals surface area contributed by atoms with E-state index in [0.29, 0.717) is 74.4 Å². The lowest BCUT2D eigenvalue weighted by Crippen LogP contribution is -2.55. The van der Waals surface area contributed by atoms with Crippen molar-refractivity contribution in [1.29, 1.82) is 0 Å². The van der Waals surface area contributed by atoms with Gasteiger partial charge in [-0.3, -0.25) is 9.69 Å². The van der Waals surface area contributed by atoms with Crippen LogP contribution in [0.4, 0.5) is 21.0 Å². The van der Waals surface area contributed by atoms with Gasteiger partial charge in [0.25, 0.3) is 5.91 Å². The number of hydrogen-bond acceptors (Lipinski definition) is 8. The summed E-state index contributed by atoms with van der Waals surface area (Å²) in [6.45, 7) is 6.91. The molecule has 6 heterocycles. The summed E-state index contributed by atoms with van der Waals surface area (Å²) < 4.78 is 6.05. The first kappa shape index (κ1) is 31.5. The summed E-state index contributed by atoms with van der Waals surface area (Å²) >= 11 is 7.99. The Balaban J connectivity index is 0.990. The number of anilines is 2. The predicted molar refractivity (Wildman–Crippen MR) is 179 cm³/mol. The Morgan fingerprint density at radius 1 is 1.02 bits per heavy atom. The smallest absolute Gasteiger partial charge is 0.410 e. The van der Waals surface area contributed by atoms with Crippen LogP contribution in [0.2, 0.25) is 5.02 Å². The van der Waals surface area contributed by atoms with Crippen molar-refractivity contribution < 1.29 is 19.1 Å². The average Bonchev–Trinajstić information content (AvgIpc) is 3.78. The summed E-state index contributed by atoms with van der Waals surface area (Å²) in [6.07, 6.45) is 3.15. The molecular formula is C33H44ClN7O4S. The highest BCUT2D eigenvalue weighted by atomic mass is 35.5. The maximum Gasteiger partial charge on any atom is 0.410 e. The van der Waals surface area contributed by atoms with Crippen LogP contribution in [0, 0.1) is 6.92 Å². The van der Waals surface area contributed by atoms with Crippen LogP contribution in [-0.4, -0.2) is 119 Å². The monoisotopic (exact) mass is 669 g/mol. The Kier molecular flexibility index (Phi) is 8.81. The molecule has 248 valence electrons. The molecule has 7 rings (SSSR count). The number of urea groups is 1. The maximum absolute atomic E-state index is 14.0. The van der Waals surface area contributed by atoms with E-state index in [9.17, 15) is 14.4 Å². The van der Waals surface area contributed by atoms with Gasteiger partial charge in [0.1, 0.15) is 0 Å². The van der Waals surface area contributed by atoms with Crippen molar-refractivity contribution >= 4 is 52.3 Å². The van der Waals surface area contributed by atoms with Crippen LogP contribution in [0.3, 0.4) is 0 Å². The van der Waals surface area contributed by atoms with Gasteiger partial charge in [0.15, 0.2) is 6.10 Å². The van der Waals surface area contributed by atoms with E-state index in [2.05, 4.69) is 27.5 Å². The lowest BCUT2D eigenvalue weighted by Gasteiger charge is -2.42. The Morgan fingerprint density at radius 3 is 2.41 bits per heavy atom. The summed E-state index contributed by atoms with van der Waals surface area (Å²) in [6, 6.07) is 5.37. The Morgan fingerprint density at radius 2 is 1.74 bits per heavy atom. The number of likely N-dealkylation sites (tertiary alicyclic amines) is 4. The number of nitrogens with one attached hydrogen (secondary N) is 1. The molecule has 0 spiro atoms. The largest absolute Gasteiger partial charge is 0.436 e. The van der Waals surface area contributed by atoms with Gasteiger partial charge in [-0.15, -0.1) is 11.3 Å². The van der Waals surface area contributed by atoms with Crippen molar-refractivity contribution in [2.75, 3.05) is 57.4 Å². The van der Waals surface area contributed by atoms with E-state index < -0.39 is 12.2 Å². The van der Waals surface area contributed by atoms with Gasteiger partial charge in [0.2, 0.25) is 0 Å². The number of aryl methyl sites for hydroxylation is 1. The van der Waals surface area contributed by atoms with Gasteiger partial charge in [0.05, 0.1) is 22.9 Å². The SMILES string of the molecule is Cc1cc(C[C@@H](OC(=O)N2CCC(N3Cc4cscc4NC3=O)CC2)C(=O)N2CCC(N3CC4CC3CN4C)CC2)cc(Cl)c1N. The topological polar surface area (TPSA) is 115 Å². The number of halogens is 1. The molecule has 3 atom stereocenters. The number of piperazine rings is 1. The zero-order valence-corrected chi connectivity index (χ0v) is 28.2. The Labute approximate surface area is 279 Å². The van der Waals surface area contributed by atoms with E-state index in [1.807, 2.05) is 28.2 Å². The molecule has 3 N–H and O–H groups in total. The van der Waals surface area contributed by atoms with E-state index in [0.717, 1.165) is 48.3 Å². The number of benzene rings is 1. The van der Waals surface area contributed by atoms with Crippen LogP contribution in [0.15, 0.2) is 22.9 Å². The standard InChI is InChI=1S/C33H44ClN7O4S/c1-20-11-21(12-27(34)30(20)35)13-29(31(42)38-7-3-23(4-8-38)40-17-25-14-26(40)16-37(25)2)45-33(44)39-9-5-24(6-10-39)41-15-22-18-46-19-28(22)36-32(41)43/h11-12,18-19,23-26,29H,3-10,13-17,35H2,1-2H3,(H,36,43)/t25?,26?,29-/m1/s1. The number of ether oxygens (including phenoxy) is 1. The minimum atomic E-state index is -0.970. The molecular weight excluding hydrogens is 626 g/mol. The lowest BCUT2D eigenvalue weighted by atomic mass is 9.99. The minimum Gasteiger partial charge on any atom is -0.436 e. The quantitative estimate of drug-likeness (QED) is 0.443. The molecule has 46 heavy (non-hydrogen) atoms. The number of carbonyl (C=O) groups is 3. The molecule has 2 bridgehead atoms. The normalized spacial score (nSPS) is 25.1. The number of hydrogen-bond donors (Lipinski definition) is 2. The molecule has 0 radical (unpaired) electrons. The number of rotatable bonds is 6. The first-order valence-corrected chi connectivity index (χ1v) is 17.8. The van der Waals surface area contributed by atoms with Crippen LogP contribution >= 0.6 is 22.9 Å². The third kappa shape index (κ3) is 6.16. The Bertz CT molecular complexity index is 1460. The molecule has 1 aromatic carbocycles. The number of nitrogens with two attached hydrogens (primary N) is 1. The molecule has 2 unspecified atom stereocenters. The lowest BCUT2D eigenvalue weighted by molar-refractivity contribution is -0.142. The van der Waals surface area contributed by atoms with Gasteiger partial charge in [-0.1, -0.05) is 17.7 Å². The molecule has 13 heteroatoms. The van der Waals surface area contributed by atoms with Crippen molar-refractivity contribution in [2.24, 2.45) is 0 Å². The molecule has 0 saturated carbocycles. The van der Waals surface area contributed by atoms with Crippen molar-refractivity contribution in [3.8, 4) is 0 Å². The number of piperidine rings is 2. The van der Waals surface area contributed by atoms with Gasteiger partial charge in [0, 0.05) is 80.8 Å². The number of thiophene rings is 1. The third-order valence-electron chi connectivity index (χ3n) is 10.9. The Hall–Kier alpha value is -3.06. The fourth-order valence-electron chi connectivity index (χ4n) is 8.15. The second-order valence-corrected chi connectivity index (χ2v) is 14.9. The molecule has 0 aliphatic carbocycles. The molecule has 4 fully saturated rings. The van der Waals surface area contributed by atoms with Crippen LogP contribution in [0.1, 0.15) is 48.8 Å². The van der Waals surface area contributed by atoms with Crippen molar-refractivity contribution in [3.05, 3.63) is 44.6 Å². The summed E-state index contributed by atoms with van der Waals surface area (Å²) in [5.74, 6) is -0.161. The highest BCUT2D eigenvalue weighted by Crippen LogP contribution is 2.34. The molecule has 5 aliphatic rings. The molecule has 5 aliphatic heterocycles. The van der Waals surface area contributed by atoms with E-state index in [1.165, 1.54) is 6.42 Å². The summed E-state index contributed by atoms with van der Waals surface area (Å²) in [7, 11) is 2.22.